The van der Waals surface area contributed by atoms with Gasteiger partial charge in [-0.25, -0.2) is 4.98 Å². The van der Waals surface area contributed by atoms with E-state index in [-0.39, 0.29) is 11.6 Å². The Morgan fingerprint density at radius 1 is 1.30 bits per heavy atom. The number of rotatable bonds is 6. The second-order valence-corrected chi connectivity index (χ2v) is 4.72. The number of hydrogen-bond acceptors (Lipinski definition) is 5. The number of carbonyl (C=O) groups is 1. The number of aromatic nitrogens is 1. The van der Waals surface area contributed by atoms with Gasteiger partial charge in [0.2, 0.25) is 5.88 Å². The molecular weight excluding hydrogens is 298 g/mol. The zero-order valence-electron chi connectivity index (χ0n) is 12.9. The molecule has 0 unspecified atom stereocenters. The fraction of sp³-hybridized carbons (Fsp3) is 0.250. The van der Waals surface area contributed by atoms with Gasteiger partial charge in [-0.3, -0.25) is 14.9 Å². The van der Waals surface area contributed by atoms with Gasteiger partial charge in [0.25, 0.3) is 11.6 Å². The number of carbonyl (C=O) groups excluding carboxylic acids is 1. The number of nitro benzene ring substituents is 1. The third kappa shape index (κ3) is 4.03. The van der Waals surface area contributed by atoms with Gasteiger partial charge >= 0.3 is 0 Å². The van der Waals surface area contributed by atoms with E-state index in [0.29, 0.717) is 35.7 Å². The van der Waals surface area contributed by atoms with Crippen LogP contribution < -0.4 is 10.1 Å². The van der Waals surface area contributed by atoms with Crippen LogP contribution >= 0.6 is 0 Å². The highest BCUT2D eigenvalue weighted by Crippen LogP contribution is 2.24. The predicted molar refractivity (Wildman–Crippen MR) is 85.8 cm³/mol. The van der Waals surface area contributed by atoms with Crippen LogP contribution in [0.25, 0.3) is 0 Å². The molecule has 1 N–H and O–H groups in total. The van der Waals surface area contributed by atoms with E-state index in [1.165, 1.54) is 18.3 Å². The van der Waals surface area contributed by atoms with Gasteiger partial charge in [0.1, 0.15) is 0 Å². The van der Waals surface area contributed by atoms with Gasteiger partial charge in [-0.2, -0.15) is 0 Å². The number of amides is 1. The molecule has 0 spiro atoms. The van der Waals surface area contributed by atoms with Gasteiger partial charge < -0.3 is 10.1 Å². The third-order valence-electron chi connectivity index (χ3n) is 3.21. The Hall–Kier alpha value is -2.96. The number of nitrogens with zero attached hydrogens (tertiary/aromatic N) is 2. The maximum Gasteiger partial charge on any atom is 0.274 e. The summed E-state index contributed by atoms with van der Waals surface area (Å²) in [7, 11) is 0. The van der Waals surface area contributed by atoms with Crippen LogP contribution in [0.1, 0.15) is 29.8 Å². The molecule has 1 amide bonds. The van der Waals surface area contributed by atoms with Crippen LogP contribution in [0.15, 0.2) is 36.5 Å². The number of nitro groups is 1. The van der Waals surface area contributed by atoms with E-state index in [2.05, 4.69) is 10.3 Å². The van der Waals surface area contributed by atoms with E-state index in [1.807, 2.05) is 13.8 Å². The molecule has 1 aromatic carbocycles. The first kappa shape index (κ1) is 16.4. The highest BCUT2D eigenvalue weighted by molar-refractivity contribution is 6.04. The molecule has 23 heavy (non-hydrogen) atoms. The molecule has 2 aromatic rings. The minimum absolute atomic E-state index is 0.00460. The zero-order chi connectivity index (χ0) is 16.8. The van der Waals surface area contributed by atoms with Gasteiger partial charge in [0.15, 0.2) is 0 Å². The van der Waals surface area contributed by atoms with Crippen molar-refractivity contribution in [3.63, 3.8) is 0 Å². The zero-order valence-corrected chi connectivity index (χ0v) is 12.9. The molecule has 0 saturated heterocycles. The first-order valence-electron chi connectivity index (χ1n) is 7.22. The number of ether oxygens (including phenoxy) is 1. The van der Waals surface area contributed by atoms with Crippen LogP contribution in [0.4, 0.5) is 11.4 Å². The Bertz CT molecular complexity index is 731. The average molecular weight is 315 g/mol. The SMILES string of the molecule is CCOc1cc(C(=O)Nc2ccc(CC)c([N+](=O)[O-])c2)ccn1. The van der Waals surface area contributed by atoms with E-state index in [9.17, 15) is 14.9 Å². The molecule has 7 nitrogen and oxygen atoms in total. The molecule has 120 valence electrons. The van der Waals surface area contributed by atoms with E-state index in [1.54, 1.807) is 18.2 Å². The summed E-state index contributed by atoms with van der Waals surface area (Å²) < 4.78 is 5.25. The van der Waals surface area contributed by atoms with Crippen molar-refractivity contribution in [1.29, 1.82) is 0 Å². The van der Waals surface area contributed by atoms with Gasteiger partial charge in [-0.15, -0.1) is 0 Å². The number of pyridine rings is 1. The van der Waals surface area contributed by atoms with Gasteiger partial charge in [0.05, 0.1) is 11.5 Å². The smallest absolute Gasteiger partial charge is 0.274 e. The lowest BCUT2D eigenvalue weighted by Gasteiger charge is -2.08. The molecule has 0 saturated carbocycles. The third-order valence-corrected chi connectivity index (χ3v) is 3.21. The summed E-state index contributed by atoms with van der Waals surface area (Å²) in [5, 5.41) is 13.7. The Kier molecular flexibility index (Phi) is 5.24. The molecule has 1 heterocycles. The topological polar surface area (TPSA) is 94.4 Å². The molecule has 0 fully saturated rings. The van der Waals surface area contributed by atoms with Crippen molar-refractivity contribution < 1.29 is 14.5 Å². The second-order valence-electron chi connectivity index (χ2n) is 4.72. The highest BCUT2D eigenvalue weighted by Gasteiger charge is 2.15. The van der Waals surface area contributed by atoms with E-state index >= 15 is 0 Å². The molecule has 7 heteroatoms. The first-order valence-corrected chi connectivity index (χ1v) is 7.22. The maximum absolute atomic E-state index is 12.2. The van der Waals surface area contributed by atoms with Crippen molar-refractivity contribution >= 4 is 17.3 Å². The number of nitrogens with one attached hydrogen (secondary N) is 1. The first-order chi connectivity index (χ1) is 11.0. The molecule has 2 rings (SSSR count). The van der Waals surface area contributed by atoms with Crippen molar-refractivity contribution in [3.05, 3.63) is 57.8 Å². The minimum atomic E-state index is -0.450. The van der Waals surface area contributed by atoms with E-state index in [4.69, 9.17) is 4.74 Å². The van der Waals surface area contributed by atoms with Crippen LogP contribution in [0.5, 0.6) is 5.88 Å². The Balaban J connectivity index is 2.21. The Labute approximate surface area is 133 Å². The van der Waals surface area contributed by atoms with Crippen LogP contribution in [0, 0.1) is 10.1 Å². The summed E-state index contributed by atoms with van der Waals surface area (Å²) in [6, 6.07) is 7.72. The van der Waals surface area contributed by atoms with E-state index < -0.39 is 4.92 Å². The molecule has 0 aliphatic rings. The molecule has 1 aromatic heterocycles. The lowest BCUT2D eigenvalue weighted by Crippen LogP contribution is -2.12. The van der Waals surface area contributed by atoms with Gasteiger partial charge in [-0.05, 0) is 25.5 Å². The predicted octanol–water partition coefficient (Wildman–Crippen LogP) is 3.20. The fourth-order valence-corrected chi connectivity index (χ4v) is 2.09. The summed E-state index contributed by atoms with van der Waals surface area (Å²) in [5.74, 6) is -0.0284. The van der Waals surface area contributed by atoms with Crippen LogP contribution in [-0.2, 0) is 6.42 Å². The van der Waals surface area contributed by atoms with Crippen LogP contribution in [0.3, 0.4) is 0 Å². The Morgan fingerprint density at radius 3 is 2.74 bits per heavy atom. The second kappa shape index (κ2) is 7.35. The summed E-state index contributed by atoms with van der Waals surface area (Å²) >= 11 is 0. The molecule has 0 atom stereocenters. The lowest BCUT2D eigenvalue weighted by atomic mass is 10.1. The largest absolute Gasteiger partial charge is 0.478 e. The monoisotopic (exact) mass is 315 g/mol. The number of aryl methyl sites for hydroxylation is 1. The normalized spacial score (nSPS) is 10.2. The maximum atomic E-state index is 12.2. The van der Waals surface area contributed by atoms with Crippen LogP contribution in [0.2, 0.25) is 0 Å². The lowest BCUT2D eigenvalue weighted by molar-refractivity contribution is -0.385. The summed E-state index contributed by atoms with van der Waals surface area (Å²) in [6.07, 6.45) is 2.02. The van der Waals surface area contributed by atoms with Crippen molar-refractivity contribution in [2.75, 3.05) is 11.9 Å². The number of benzene rings is 1. The summed E-state index contributed by atoms with van der Waals surface area (Å²) in [4.78, 5) is 26.9. The average Bonchev–Trinajstić information content (AvgIpc) is 2.55. The van der Waals surface area contributed by atoms with Crippen molar-refractivity contribution in [2.45, 2.75) is 20.3 Å². The van der Waals surface area contributed by atoms with Crippen molar-refractivity contribution in [1.82, 2.24) is 4.98 Å². The quantitative estimate of drug-likeness (QED) is 0.652. The van der Waals surface area contributed by atoms with Crippen molar-refractivity contribution in [3.8, 4) is 5.88 Å². The molecule has 0 radical (unpaired) electrons. The van der Waals surface area contributed by atoms with E-state index in [0.717, 1.165) is 0 Å². The highest BCUT2D eigenvalue weighted by atomic mass is 16.6. The summed E-state index contributed by atoms with van der Waals surface area (Å²) in [6.45, 7) is 4.11. The Morgan fingerprint density at radius 2 is 2.09 bits per heavy atom. The minimum Gasteiger partial charge on any atom is -0.478 e. The molecule has 0 aliphatic heterocycles. The molecular formula is C16H17N3O4. The van der Waals surface area contributed by atoms with Crippen LogP contribution in [-0.4, -0.2) is 22.4 Å². The van der Waals surface area contributed by atoms with Gasteiger partial charge in [-0.1, -0.05) is 13.0 Å². The van der Waals surface area contributed by atoms with Crippen molar-refractivity contribution in [2.24, 2.45) is 0 Å². The molecule has 0 aliphatic carbocycles. The number of hydrogen-bond donors (Lipinski definition) is 1. The fourth-order valence-electron chi connectivity index (χ4n) is 2.09. The molecule has 0 bridgehead atoms. The van der Waals surface area contributed by atoms with Gasteiger partial charge in [0, 0.05) is 35.1 Å². The standard InChI is InChI=1S/C16H17N3O4/c1-3-11-5-6-13(10-14(11)19(21)22)18-16(20)12-7-8-17-15(9-12)23-4-2/h5-10H,3-4H2,1-2H3,(H,18,20). The summed E-state index contributed by atoms with van der Waals surface area (Å²) in [5.41, 5.74) is 1.35. The number of anilines is 1.